The first-order valence-electron chi connectivity index (χ1n) is 4.62. The average molecular weight is 259 g/mol. The van der Waals surface area contributed by atoms with Gasteiger partial charge in [-0.1, -0.05) is 6.92 Å². The molecule has 14 heavy (non-hydrogen) atoms. The Kier molecular flexibility index (Phi) is 4.82. The van der Waals surface area contributed by atoms with E-state index < -0.39 is 0 Å². The molecule has 1 aromatic rings. The van der Waals surface area contributed by atoms with Crippen LogP contribution in [0.2, 0.25) is 0 Å². The van der Waals surface area contributed by atoms with Crippen LogP contribution >= 0.6 is 15.9 Å². The van der Waals surface area contributed by atoms with Gasteiger partial charge in [0.15, 0.2) is 0 Å². The van der Waals surface area contributed by atoms with Crippen molar-refractivity contribution < 1.29 is 0 Å². The molecule has 0 aromatic carbocycles. The van der Waals surface area contributed by atoms with Gasteiger partial charge in [0.1, 0.15) is 16.7 Å². The van der Waals surface area contributed by atoms with Crippen LogP contribution in [0.3, 0.4) is 0 Å². The second-order valence-electron chi connectivity index (χ2n) is 3.05. The van der Waals surface area contributed by atoms with Crippen LogP contribution in [0.1, 0.15) is 6.92 Å². The number of nitrogens with one attached hydrogen (secondary N) is 1. The van der Waals surface area contributed by atoms with Gasteiger partial charge in [-0.05, 0) is 29.5 Å². The van der Waals surface area contributed by atoms with Crippen molar-refractivity contribution in [2.75, 3.05) is 32.0 Å². The van der Waals surface area contributed by atoms with Crippen molar-refractivity contribution in [1.82, 2.24) is 14.9 Å². The Balaban J connectivity index is 2.31. The van der Waals surface area contributed by atoms with Crippen LogP contribution in [0.25, 0.3) is 0 Å². The van der Waals surface area contributed by atoms with Crippen molar-refractivity contribution in [3.63, 3.8) is 0 Å². The fourth-order valence-corrected chi connectivity index (χ4v) is 1.27. The van der Waals surface area contributed by atoms with Gasteiger partial charge in [-0.3, -0.25) is 0 Å². The van der Waals surface area contributed by atoms with E-state index in [2.05, 4.69) is 50.1 Å². The lowest BCUT2D eigenvalue weighted by Crippen LogP contribution is -2.24. The number of anilines is 1. The van der Waals surface area contributed by atoms with Gasteiger partial charge in [0.2, 0.25) is 0 Å². The van der Waals surface area contributed by atoms with E-state index in [1.165, 1.54) is 6.33 Å². The van der Waals surface area contributed by atoms with Crippen molar-refractivity contribution >= 4 is 21.7 Å². The first-order valence-corrected chi connectivity index (χ1v) is 5.41. The SMILES string of the molecule is CCN(C)CCNc1cc(Br)ncn1. The standard InChI is InChI=1S/C9H15BrN4/c1-3-14(2)5-4-11-9-6-8(10)12-7-13-9/h6-7H,3-5H2,1-2H3,(H,11,12,13). The zero-order chi connectivity index (χ0) is 10.4. The summed E-state index contributed by atoms with van der Waals surface area (Å²) in [5.41, 5.74) is 0. The Morgan fingerprint density at radius 1 is 1.50 bits per heavy atom. The molecule has 0 bridgehead atoms. The maximum absolute atomic E-state index is 4.09. The molecule has 0 saturated carbocycles. The number of halogens is 1. The van der Waals surface area contributed by atoms with Gasteiger partial charge >= 0.3 is 0 Å². The van der Waals surface area contributed by atoms with Crippen LogP contribution in [0.4, 0.5) is 5.82 Å². The van der Waals surface area contributed by atoms with Gasteiger partial charge in [0, 0.05) is 19.2 Å². The number of aromatic nitrogens is 2. The van der Waals surface area contributed by atoms with E-state index >= 15 is 0 Å². The molecule has 0 aliphatic carbocycles. The summed E-state index contributed by atoms with van der Waals surface area (Å²) >= 11 is 3.30. The van der Waals surface area contributed by atoms with Crippen LogP contribution in [0.5, 0.6) is 0 Å². The first-order chi connectivity index (χ1) is 6.72. The number of hydrogen-bond acceptors (Lipinski definition) is 4. The van der Waals surface area contributed by atoms with Gasteiger partial charge in [0.25, 0.3) is 0 Å². The zero-order valence-corrected chi connectivity index (χ0v) is 10.1. The van der Waals surface area contributed by atoms with Crippen molar-refractivity contribution in [1.29, 1.82) is 0 Å². The molecule has 78 valence electrons. The van der Waals surface area contributed by atoms with E-state index in [9.17, 15) is 0 Å². The molecule has 0 spiro atoms. The maximum Gasteiger partial charge on any atom is 0.130 e. The summed E-state index contributed by atoms with van der Waals surface area (Å²) in [4.78, 5) is 10.3. The van der Waals surface area contributed by atoms with Crippen molar-refractivity contribution in [3.8, 4) is 0 Å². The Hall–Kier alpha value is -0.680. The number of rotatable bonds is 5. The van der Waals surface area contributed by atoms with E-state index in [0.717, 1.165) is 30.1 Å². The molecule has 4 nitrogen and oxygen atoms in total. The molecular formula is C9H15BrN4. The first kappa shape index (κ1) is 11.4. The van der Waals surface area contributed by atoms with Crippen molar-refractivity contribution in [2.45, 2.75) is 6.92 Å². The Morgan fingerprint density at radius 3 is 2.93 bits per heavy atom. The number of likely N-dealkylation sites (N-methyl/N-ethyl adjacent to an activating group) is 1. The molecule has 0 unspecified atom stereocenters. The molecule has 0 aliphatic heterocycles. The van der Waals surface area contributed by atoms with E-state index in [4.69, 9.17) is 0 Å². The molecule has 0 saturated heterocycles. The third-order valence-corrected chi connectivity index (χ3v) is 2.41. The van der Waals surface area contributed by atoms with E-state index in [1.54, 1.807) is 0 Å². The van der Waals surface area contributed by atoms with Gasteiger partial charge in [-0.15, -0.1) is 0 Å². The number of nitrogens with zero attached hydrogens (tertiary/aromatic N) is 3. The van der Waals surface area contributed by atoms with Crippen molar-refractivity contribution in [3.05, 3.63) is 17.0 Å². The van der Waals surface area contributed by atoms with Gasteiger partial charge in [-0.2, -0.15) is 0 Å². The molecule has 0 fully saturated rings. The lowest BCUT2D eigenvalue weighted by Gasteiger charge is -2.14. The van der Waals surface area contributed by atoms with E-state index in [0.29, 0.717) is 0 Å². The summed E-state index contributed by atoms with van der Waals surface area (Å²) in [6.07, 6.45) is 1.54. The van der Waals surface area contributed by atoms with Crippen molar-refractivity contribution in [2.24, 2.45) is 0 Å². The molecule has 1 N–H and O–H groups in total. The highest BCUT2D eigenvalue weighted by atomic mass is 79.9. The minimum Gasteiger partial charge on any atom is -0.369 e. The lowest BCUT2D eigenvalue weighted by molar-refractivity contribution is 0.367. The Labute approximate surface area is 92.9 Å². The highest BCUT2D eigenvalue weighted by Crippen LogP contribution is 2.08. The van der Waals surface area contributed by atoms with Crippen LogP contribution in [-0.4, -0.2) is 41.5 Å². The quantitative estimate of drug-likeness (QED) is 0.815. The molecule has 1 rings (SSSR count). The predicted molar refractivity (Wildman–Crippen MR) is 61.4 cm³/mol. The van der Waals surface area contributed by atoms with Crippen LogP contribution < -0.4 is 5.32 Å². The summed E-state index contributed by atoms with van der Waals surface area (Å²) in [5, 5.41) is 3.23. The molecule has 0 amide bonds. The molecule has 1 aromatic heterocycles. The van der Waals surface area contributed by atoms with Gasteiger partial charge < -0.3 is 10.2 Å². The third kappa shape index (κ3) is 4.02. The highest BCUT2D eigenvalue weighted by Gasteiger charge is 1.96. The molecule has 0 atom stereocenters. The van der Waals surface area contributed by atoms with Gasteiger partial charge in [-0.25, -0.2) is 9.97 Å². The molecule has 5 heteroatoms. The average Bonchev–Trinajstić information content (AvgIpc) is 2.17. The van der Waals surface area contributed by atoms with Crippen LogP contribution in [0.15, 0.2) is 17.0 Å². The lowest BCUT2D eigenvalue weighted by atomic mass is 10.5. The third-order valence-electron chi connectivity index (χ3n) is 1.97. The fraction of sp³-hybridized carbons (Fsp3) is 0.556. The normalized spacial score (nSPS) is 10.6. The summed E-state index contributed by atoms with van der Waals surface area (Å²) < 4.78 is 0.804. The zero-order valence-electron chi connectivity index (χ0n) is 8.50. The summed E-state index contributed by atoms with van der Waals surface area (Å²) in [6.45, 7) is 5.11. The Bertz CT molecular complexity index is 279. The van der Waals surface area contributed by atoms with Crippen LogP contribution in [0, 0.1) is 0 Å². The van der Waals surface area contributed by atoms with E-state index in [-0.39, 0.29) is 0 Å². The van der Waals surface area contributed by atoms with E-state index in [1.807, 2.05) is 6.07 Å². The molecular weight excluding hydrogens is 244 g/mol. The molecule has 0 aliphatic rings. The maximum atomic E-state index is 4.09. The smallest absolute Gasteiger partial charge is 0.130 e. The summed E-state index contributed by atoms with van der Waals surface area (Å²) in [7, 11) is 2.09. The fourth-order valence-electron chi connectivity index (χ4n) is 0.963. The molecule has 0 radical (unpaired) electrons. The predicted octanol–water partition coefficient (Wildman–Crippen LogP) is 1.60. The molecule has 1 heterocycles. The second-order valence-corrected chi connectivity index (χ2v) is 3.86. The number of hydrogen-bond donors (Lipinski definition) is 1. The minimum atomic E-state index is 0.804. The minimum absolute atomic E-state index is 0.804. The van der Waals surface area contributed by atoms with Gasteiger partial charge in [0.05, 0.1) is 0 Å². The highest BCUT2D eigenvalue weighted by molar-refractivity contribution is 9.10. The second kappa shape index (κ2) is 5.93. The summed E-state index contributed by atoms with van der Waals surface area (Å²) in [6, 6.07) is 1.87. The van der Waals surface area contributed by atoms with Crippen LogP contribution in [-0.2, 0) is 0 Å². The summed E-state index contributed by atoms with van der Waals surface area (Å²) in [5.74, 6) is 0.858. The topological polar surface area (TPSA) is 41.0 Å². The largest absolute Gasteiger partial charge is 0.369 e. The monoisotopic (exact) mass is 258 g/mol. The Morgan fingerprint density at radius 2 is 2.29 bits per heavy atom.